The van der Waals surface area contributed by atoms with Gasteiger partial charge in [0.1, 0.15) is 11.1 Å². The highest BCUT2D eigenvalue weighted by molar-refractivity contribution is 5.85. The van der Waals surface area contributed by atoms with Gasteiger partial charge in [-0.3, -0.25) is 4.79 Å². The molecular weight excluding hydrogens is 222 g/mol. The summed E-state index contributed by atoms with van der Waals surface area (Å²) in [5.74, 6) is -0.467. The molecule has 0 aromatic rings. The fourth-order valence-corrected chi connectivity index (χ4v) is 1.63. The Labute approximate surface area is 101 Å². The second kappa shape index (κ2) is 4.52. The molecule has 0 spiro atoms. The van der Waals surface area contributed by atoms with Gasteiger partial charge in [-0.05, 0) is 27.7 Å². The molecule has 1 unspecified atom stereocenters. The lowest BCUT2D eigenvalue weighted by Crippen LogP contribution is -2.65. The van der Waals surface area contributed by atoms with Crippen LogP contribution in [0.4, 0.5) is 4.79 Å². The van der Waals surface area contributed by atoms with Crippen LogP contribution in [0.5, 0.6) is 0 Å². The number of amides is 2. The summed E-state index contributed by atoms with van der Waals surface area (Å²) in [5, 5.41) is 3.02. The van der Waals surface area contributed by atoms with E-state index in [4.69, 9.17) is 10.5 Å². The van der Waals surface area contributed by atoms with Crippen LogP contribution in [0, 0.1) is 0 Å². The number of nitrogens with two attached hydrogens (primary N) is 1. The molecule has 1 aliphatic rings. The van der Waals surface area contributed by atoms with E-state index < -0.39 is 23.1 Å². The summed E-state index contributed by atoms with van der Waals surface area (Å²) >= 11 is 0. The second-order valence-electron chi connectivity index (χ2n) is 5.53. The first-order valence-electron chi connectivity index (χ1n) is 5.67. The van der Waals surface area contributed by atoms with Crippen molar-refractivity contribution in [2.45, 2.75) is 38.8 Å². The third-order valence-electron chi connectivity index (χ3n) is 2.60. The Hall–Kier alpha value is -1.30. The van der Waals surface area contributed by atoms with Crippen molar-refractivity contribution in [1.82, 2.24) is 10.2 Å². The number of nitrogens with zero attached hydrogens (tertiary/aromatic N) is 1. The van der Waals surface area contributed by atoms with Gasteiger partial charge in [0.25, 0.3) is 0 Å². The topological polar surface area (TPSA) is 84.7 Å². The summed E-state index contributed by atoms with van der Waals surface area (Å²) in [4.78, 5) is 24.7. The lowest BCUT2D eigenvalue weighted by atomic mass is 9.99. The van der Waals surface area contributed by atoms with Gasteiger partial charge in [-0.15, -0.1) is 0 Å². The van der Waals surface area contributed by atoms with Crippen molar-refractivity contribution in [3.8, 4) is 0 Å². The van der Waals surface area contributed by atoms with Crippen LogP contribution in [-0.2, 0) is 9.53 Å². The Morgan fingerprint density at radius 3 is 2.47 bits per heavy atom. The van der Waals surface area contributed by atoms with Crippen molar-refractivity contribution < 1.29 is 14.3 Å². The van der Waals surface area contributed by atoms with E-state index >= 15 is 0 Å². The molecule has 1 atom stereocenters. The molecule has 0 aliphatic carbocycles. The Morgan fingerprint density at radius 1 is 1.41 bits per heavy atom. The molecule has 6 heteroatoms. The fourth-order valence-electron chi connectivity index (χ4n) is 1.63. The molecule has 0 aromatic heterocycles. The zero-order valence-electron chi connectivity index (χ0n) is 10.9. The van der Waals surface area contributed by atoms with Crippen LogP contribution in [0.15, 0.2) is 0 Å². The number of carbonyl (C=O) groups is 2. The maximum Gasteiger partial charge on any atom is 0.410 e. The molecule has 3 N–H and O–H groups in total. The standard InChI is InChI=1S/C11H21N3O3/c1-10(2,3)17-9(16)14-6-5-13-11(4,7-14)8(12)15/h13H,5-7H2,1-4H3,(H2,12,15). The Kier molecular flexibility index (Phi) is 3.66. The van der Waals surface area contributed by atoms with Crippen LogP contribution in [0.3, 0.4) is 0 Å². The van der Waals surface area contributed by atoms with Crippen LogP contribution >= 0.6 is 0 Å². The third-order valence-corrected chi connectivity index (χ3v) is 2.60. The first-order chi connectivity index (χ1) is 7.64. The van der Waals surface area contributed by atoms with Crippen molar-refractivity contribution in [1.29, 1.82) is 0 Å². The Balaban J connectivity index is 2.67. The lowest BCUT2D eigenvalue weighted by Gasteiger charge is -2.39. The normalized spacial score (nSPS) is 25.5. The molecule has 1 fully saturated rings. The zero-order valence-corrected chi connectivity index (χ0v) is 10.9. The highest BCUT2D eigenvalue weighted by atomic mass is 16.6. The van der Waals surface area contributed by atoms with E-state index in [0.717, 1.165) is 0 Å². The first-order valence-corrected chi connectivity index (χ1v) is 5.67. The average Bonchev–Trinajstić information content (AvgIpc) is 2.15. The van der Waals surface area contributed by atoms with Gasteiger partial charge in [0.05, 0.1) is 6.54 Å². The van der Waals surface area contributed by atoms with Gasteiger partial charge >= 0.3 is 6.09 Å². The third kappa shape index (κ3) is 3.59. The van der Waals surface area contributed by atoms with Crippen molar-refractivity contribution in [2.75, 3.05) is 19.6 Å². The van der Waals surface area contributed by atoms with Gasteiger partial charge in [0.2, 0.25) is 5.91 Å². The van der Waals surface area contributed by atoms with Crippen molar-refractivity contribution >= 4 is 12.0 Å². The van der Waals surface area contributed by atoms with E-state index in [2.05, 4.69) is 5.32 Å². The Bertz CT molecular complexity index is 324. The van der Waals surface area contributed by atoms with Crippen molar-refractivity contribution in [3.05, 3.63) is 0 Å². The van der Waals surface area contributed by atoms with Gasteiger partial charge in [0.15, 0.2) is 0 Å². The van der Waals surface area contributed by atoms with Crippen LogP contribution in [0.25, 0.3) is 0 Å². The minimum Gasteiger partial charge on any atom is -0.444 e. The van der Waals surface area contributed by atoms with Gasteiger partial charge in [-0.2, -0.15) is 0 Å². The van der Waals surface area contributed by atoms with Crippen LogP contribution < -0.4 is 11.1 Å². The largest absolute Gasteiger partial charge is 0.444 e. The molecular formula is C11H21N3O3. The van der Waals surface area contributed by atoms with Crippen molar-refractivity contribution in [3.63, 3.8) is 0 Å². The maximum absolute atomic E-state index is 11.8. The summed E-state index contributed by atoms with van der Waals surface area (Å²) in [6.07, 6.45) is -0.411. The van der Waals surface area contributed by atoms with E-state index in [0.29, 0.717) is 13.1 Å². The number of nitrogens with one attached hydrogen (secondary N) is 1. The van der Waals surface area contributed by atoms with E-state index in [1.54, 1.807) is 27.7 Å². The SMILES string of the molecule is CC(C)(C)OC(=O)N1CCNC(C)(C(N)=O)C1. The number of ether oxygens (including phenoxy) is 1. The van der Waals surface area contributed by atoms with Crippen molar-refractivity contribution in [2.24, 2.45) is 5.73 Å². The molecule has 6 nitrogen and oxygen atoms in total. The summed E-state index contributed by atoms with van der Waals surface area (Å²) in [5.41, 5.74) is 3.89. The molecule has 1 aliphatic heterocycles. The monoisotopic (exact) mass is 243 g/mol. The smallest absolute Gasteiger partial charge is 0.410 e. The minimum absolute atomic E-state index is 0.233. The van der Waals surface area contributed by atoms with Gasteiger partial charge < -0.3 is 20.7 Å². The number of primary amides is 1. The molecule has 0 aromatic carbocycles. The number of carbonyl (C=O) groups excluding carboxylic acids is 2. The molecule has 2 amide bonds. The van der Waals surface area contributed by atoms with Gasteiger partial charge in [-0.25, -0.2) is 4.79 Å². The van der Waals surface area contributed by atoms with E-state index in [1.165, 1.54) is 4.90 Å². The molecule has 98 valence electrons. The lowest BCUT2D eigenvalue weighted by molar-refractivity contribution is -0.125. The highest BCUT2D eigenvalue weighted by Gasteiger charge is 2.38. The number of hydrogen-bond donors (Lipinski definition) is 2. The van der Waals surface area contributed by atoms with Gasteiger partial charge in [-0.1, -0.05) is 0 Å². The first kappa shape index (κ1) is 13.8. The molecule has 0 bridgehead atoms. The second-order valence-corrected chi connectivity index (χ2v) is 5.53. The quantitative estimate of drug-likeness (QED) is 0.682. The van der Waals surface area contributed by atoms with Crippen LogP contribution in [-0.4, -0.2) is 47.7 Å². The molecule has 0 radical (unpaired) electrons. The average molecular weight is 243 g/mol. The molecule has 17 heavy (non-hydrogen) atoms. The molecule has 1 rings (SSSR count). The van der Waals surface area contributed by atoms with Gasteiger partial charge in [0, 0.05) is 13.1 Å². The van der Waals surface area contributed by atoms with E-state index in [1.807, 2.05) is 0 Å². The van der Waals surface area contributed by atoms with E-state index in [9.17, 15) is 9.59 Å². The predicted molar refractivity (Wildman–Crippen MR) is 63.4 cm³/mol. The summed E-state index contributed by atoms with van der Waals surface area (Å²) in [6, 6.07) is 0. The molecule has 1 saturated heterocycles. The number of hydrogen-bond acceptors (Lipinski definition) is 4. The number of rotatable bonds is 1. The predicted octanol–water partition coefficient (Wildman–Crippen LogP) is 0.0707. The Morgan fingerprint density at radius 2 is 2.00 bits per heavy atom. The van der Waals surface area contributed by atoms with Crippen LogP contribution in [0.1, 0.15) is 27.7 Å². The highest BCUT2D eigenvalue weighted by Crippen LogP contribution is 2.15. The molecule has 0 saturated carbocycles. The number of piperazine rings is 1. The summed E-state index contributed by atoms with van der Waals surface area (Å²) in [7, 11) is 0. The zero-order chi connectivity index (χ0) is 13.3. The van der Waals surface area contributed by atoms with E-state index in [-0.39, 0.29) is 6.54 Å². The summed E-state index contributed by atoms with van der Waals surface area (Å²) in [6.45, 7) is 8.38. The minimum atomic E-state index is -0.880. The fraction of sp³-hybridized carbons (Fsp3) is 0.818. The summed E-state index contributed by atoms with van der Waals surface area (Å²) < 4.78 is 5.26. The maximum atomic E-state index is 11.8. The molecule has 1 heterocycles. The van der Waals surface area contributed by atoms with Crippen LogP contribution in [0.2, 0.25) is 0 Å².